The van der Waals surface area contributed by atoms with Gasteiger partial charge >= 0.3 is 0 Å². The van der Waals surface area contributed by atoms with Gasteiger partial charge in [0.15, 0.2) is 0 Å². The molecule has 1 aliphatic rings. The quantitative estimate of drug-likeness (QED) is 0.714. The Labute approximate surface area is 72.0 Å². The lowest BCUT2D eigenvalue weighted by atomic mass is 10.3. The fraction of sp³-hybridized carbons (Fsp3) is 0.750. The molecule has 0 spiro atoms. The lowest BCUT2D eigenvalue weighted by Gasteiger charge is -2.15. The van der Waals surface area contributed by atoms with Crippen molar-refractivity contribution >= 4 is 5.95 Å². The van der Waals surface area contributed by atoms with Crippen molar-refractivity contribution in [3.8, 4) is 0 Å². The third-order valence-electron chi connectivity index (χ3n) is 2.14. The molecule has 0 bridgehead atoms. The number of nitrogens with one attached hydrogen (secondary N) is 1. The van der Waals surface area contributed by atoms with E-state index in [0.717, 1.165) is 37.7 Å². The van der Waals surface area contributed by atoms with Gasteiger partial charge in [0.25, 0.3) is 0 Å². The van der Waals surface area contributed by atoms with Gasteiger partial charge in [-0.3, -0.25) is 4.57 Å². The van der Waals surface area contributed by atoms with Gasteiger partial charge in [-0.1, -0.05) is 6.92 Å². The Morgan fingerprint density at radius 2 is 2.42 bits per heavy atom. The number of hydrogen-bond donors (Lipinski definition) is 1. The molecule has 0 saturated carbocycles. The third kappa shape index (κ3) is 1.17. The van der Waals surface area contributed by atoms with E-state index in [1.165, 1.54) is 6.42 Å². The van der Waals surface area contributed by atoms with Crippen molar-refractivity contribution in [1.82, 2.24) is 14.8 Å². The van der Waals surface area contributed by atoms with Crippen LogP contribution in [-0.2, 0) is 13.0 Å². The van der Waals surface area contributed by atoms with Gasteiger partial charge in [0.2, 0.25) is 5.95 Å². The van der Waals surface area contributed by atoms with E-state index in [4.69, 9.17) is 0 Å². The molecule has 0 amide bonds. The average molecular weight is 166 g/mol. The molecule has 4 heteroatoms. The number of nitrogens with zero attached hydrogens (tertiary/aromatic N) is 3. The highest BCUT2D eigenvalue weighted by molar-refractivity contribution is 5.27. The molecule has 0 atom stereocenters. The molecule has 0 aliphatic carbocycles. The molecule has 2 heterocycles. The smallest absolute Gasteiger partial charge is 0.224 e. The number of fused-ring (bicyclic) bond motifs is 1. The van der Waals surface area contributed by atoms with Crippen molar-refractivity contribution < 1.29 is 0 Å². The lowest BCUT2D eigenvalue weighted by molar-refractivity contribution is 0.594. The van der Waals surface area contributed by atoms with Crippen LogP contribution in [0.15, 0.2) is 0 Å². The maximum atomic E-state index is 4.14. The summed E-state index contributed by atoms with van der Waals surface area (Å²) in [7, 11) is 0. The number of rotatable bonds is 2. The van der Waals surface area contributed by atoms with Gasteiger partial charge < -0.3 is 5.32 Å². The number of aryl methyl sites for hydroxylation is 1. The Morgan fingerprint density at radius 3 is 3.25 bits per heavy atom. The fourth-order valence-electron chi connectivity index (χ4n) is 1.55. The first kappa shape index (κ1) is 7.58. The first-order chi connectivity index (χ1) is 5.92. The van der Waals surface area contributed by atoms with Crippen LogP contribution in [0, 0.1) is 0 Å². The summed E-state index contributed by atoms with van der Waals surface area (Å²) in [5, 5.41) is 11.4. The SMILES string of the molecule is CCCc1nnc2n1CCCN2. The van der Waals surface area contributed by atoms with E-state index in [-0.39, 0.29) is 0 Å². The second-order valence-electron chi connectivity index (χ2n) is 3.12. The second-order valence-corrected chi connectivity index (χ2v) is 3.12. The number of hydrogen-bond acceptors (Lipinski definition) is 3. The van der Waals surface area contributed by atoms with Crippen molar-refractivity contribution in [2.75, 3.05) is 11.9 Å². The highest BCUT2D eigenvalue weighted by Gasteiger charge is 2.13. The van der Waals surface area contributed by atoms with E-state index in [0.29, 0.717) is 0 Å². The molecular weight excluding hydrogens is 152 g/mol. The lowest BCUT2D eigenvalue weighted by Crippen LogP contribution is -2.18. The summed E-state index contributed by atoms with van der Waals surface area (Å²) in [4.78, 5) is 0. The minimum Gasteiger partial charge on any atom is -0.354 e. The zero-order valence-electron chi connectivity index (χ0n) is 7.38. The van der Waals surface area contributed by atoms with Gasteiger partial charge in [-0.15, -0.1) is 10.2 Å². The molecule has 0 saturated heterocycles. The van der Waals surface area contributed by atoms with E-state index in [1.54, 1.807) is 0 Å². The molecule has 0 radical (unpaired) electrons. The van der Waals surface area contributed by atoms with Gasteiger partial charge in [-0.05, 0) is 12.8 Å². The monoisotopic (exact) mass is 166 g/mol. The Morgan fingerprint density at radius 1 is 1.50 bits per heavy atom. The predicted octanol–water partition coefficient (Wildman–Crippen LogP) is 1.05. The maximum absolute atomic E-state index is 4.14. The van der Waals surface area contributed by atoms with Crippen LogP contribution in [0.5, 0.6) is 0 Å². The average Bonchev–Trinajstić information content (AvgIpc) is 2.50. The molecule has 1 aromatic heterocycles. The summed E-state index contributed by atoms with van der Waals surface area (Å²) >= 11 is 0. The van der Waals surface area contributed by atoms with Crippen LogP contribution in [0.4, 0.5) is 5.95 Å². The summed E-state index contributed by atoms with van der Waals surface area (Å²) < 4.78 is 2.19. The van der Waals surface area contributed by atoms with Crippen LogP contribution in [-0.4, -0.2) is 21.3 Å². The molecule has 1 N–H and O–H groups in total. The Balaban J connectivity index is 2.25. The van der Waals surface area contributed by atoms with Crippen molar-refractivity contribution in [2.24, 2.45) is 0 Å². The van der Waals surface area contributed by atoms with Gasteiger partial charge in [0.1, 0.15) is 5.82 Å². The molecule has 2 rings (SSSR count). The van der Waals surface area contributed by atoms with E-state index in [9.17, 15) is 0 Å². The minimum atomic E-state index is 0.949. The van der Waals surface area contributed by atoms with Gasteiger partial charge in [0.05, 0.1) is 0 Å². The molecule has 1 aromatic rings. The summed E-state index contributed by atoms with van der Waals surface area (Å²) in [6.07, 6.45) is 3.36. The predicted molar refractivity (Wildman–Crippen MR) is 47.1 cm³/mol. The zero-order valence-corrected chi connectivity index (χ0v) is 7.38. The van der Waals surface area contributed by atoms with Crippen LogP contribution in [0.3, 0.4) is 0 Å². The first-order valence-electron chi connectivity index (χ1n) is 4.57. The molecule has 0 fully saturated rings. The zero-order chi connectivity index (χ0) is 8.39. The van der Waals surface area contributed by atoms with E-state index < -0.39 is 0 Å². The summed E-state index contributed by atoms with van der Waals surface area (Å²) in [6, 6.07) is 0. The molecule has 12 heavy (non-hydrogen) atoms. The topological polar surface area (TPSA) is 42.7 Å². The van der Waals surface area contributed by atoms with Crippen molar-refractivity contribution in [3.63, 3.8) is 0 Å². The number of aromatic nitrogens is 3. The highest BCUT2D eigenvalue weighted by Crippen LogP contribution is 2.13. The summed E-state index contributed by atoms with van der Waals surface area (Å²) in [6.45, 7) is 4.27. The second kappa shape index (κ2) is 3.13. The molecule has 4 nitrogen and oxygen atoms in total. The summed E-state index contributed by atoms with van der Waals surface area (Å²) in [5.74, 6) is 2.07. The molecule has 0 aromatic carbocycles. The van der Waals surface area contributed by atoms with E-state index >= 15 is 0 Å². The molecular formula is C8H14N4. The summed E-state index contributed by atoms with van der Waals surface area (Å²) in [5.41, 5.74) is 0. The van der Waals surface area contributed by atoms with Crippen LogP contribution < -0.4 is 5.32 Å². The van der Waals surface area contributed by atoms with Crippen molar-refractivity contribution in [3.05, 3.63) is 5.82 Å². The van der Waals surface area contributed by atoms with Crippen molar-refractivity contribution in [1.29, 1.82) is 0 Å². The van der Waals surface area contributed by atoms with Gasteiger partial charge in [-0.25, -0.2) is 0 Å². The van der Waals surface area contributed by atoms with Crippen LogP contribution in [0.25, 0.3) is 0 Å². The van der Waals surface area contributed by atoms with Crippen LogP contribution in [0.2, 0.25) is 0 Å². The van der Waals surface area contributed by atoms with Gasteiger partial charge in [-0.2, -0.15) is 0 Å². The molecule has 66 valence electrons. The Kier molecular flexibility index (Phi) is 1.98. The third-order valence-corrected chi connectivity index (χ3v) is 2.14. The highest BCUT2D eigenvalue weighted by atomic mass is 15.4. The Bertz CT molecular complexity index is 266. The first-order valence-corrected chi connectivity index (χ1v) is 4.57. The van der Waals surface area contributed by atoms with Crippen molar-refractivity contribution in [2.45, 2.75) is 32.7 Å². The Hall–Kier alpha value is -1.06. The van der Waals surface area contributed by atoms with E-state index in [1.807, 2.05) is 0 Å². The fourth-order valence-corrected chi connectivity index (χ4v) is 1.55. The standard InChI is InChI=1S/C8H14N4/c1-2-4-7-10-11-8-9-5-3-6-12(7)8/h2-6H2,1H3,(H,9,11). The normalized spacial score (nSPS) is 15.4. The van der Waals surface area contributed by atoms with Crippen LogP contribution >= 0.6 is 0 Å². The van der Waals surface area contributed by atoms with E-state index in [2.05, 4.69) is 27.0 Å². The number of anilines is 1. The van der Waals surface area contributed by atoms with Gasteiger partial charge in [0, 0.05) is 19.5 Å². The molecule has 0 unspecified atom stereocenters. The largest absolute Gasteiger partial charge is 0.354 e. The molecule has 1 aliphatic heterocycles. The van der Waals surface area contributed by atoms with Crippen LogP contribution in [0.1, 0.15) is 25.6 Å². The minimum absolute atomic E-state index is 0.949. The maximum Gasteiger partial charge on any atom is 0.224 e.